The molecule has 2 aromatic rings. The Balaban J connectivity index is 1.38. The number of aromatic nitrogens is 1. The van der Waals surface area contributed by atoms with Crippen LogP contribution in [-0.4, -0.2) is 69.9 Å². The van der Waals surface area contributed by atoms with E-state index in [-0.39, 0.29) is 66.7 Å². The minimum atomic E-state index is -0.836. The van der Waals surface area contributed by atoms with Crippen molar-refractivity contribution in [1.82, 2.24) is 20.1 Å². The molecule has 1 aromatic carbocycles. The lowest BCUT2D eigenvalue weighted by molar-refractivity contribution is -0.140. The maximum Gasteiger partial charge on any atom is 0.272 e. The highest BCUT2D eigenvalue weighted by Gasteiger charge is 2.39. The number of carbonyl (C=O) groups excluding carboxylic acids is 7. The fraction of sp³-hybridized carbons (Fsp3) is 0.564. The van der Waals surface area contributed by atoms with Crippen LogP contribution in [0.5, 0.6) is 0 Å². The predicted octanol–water partition coefficient (Wildman–Crippen LogP) is 4.83. The second-order valence-corrected chi connectivity index (χ2v) is 14.9. The highest BCUT2D eigenvalue weighted by atomic mass is 16.2. The number of amides is 7. The van der Waals surface area contributed by atoms with Crippen LogP contribution in [0.25, 0.3) is 0 Å². The summed E-state index contributed by atoms with van der Waals surface area (Å²) >= 11 is 0. The van der Waals surface area contributed by atoms with Gasteiger partial charge in [0, 0.05) is 56.3 Å². The monoisotopic (exact) mass is 735 g/mol. The largest absolute Gasteiger partial charge is 0.345 e. The third kappa shape index (κ3) is 13.5. The Morgan fingerprint density at radius 2 is 1.40 bits per heavy atom. The van der Waals surface area contributed by atoms with Gasteiger partial charge in [-0.2, -0.15) is 0 Å². The standard InChI is InChI=1S/C39H57N7O7/c1-24(2)12-11-14-32(47)42-29-20-31(45(7)23-29)37(51)43-28-17-15-27(16-18-28)41-34(49)22-40-38(52)36(26(5)6)44-33(48)13-9-8-10-19-46-35(50)21-30(25(3)4)39(46)53/h15-18,20,23-26,30,36H,8-14,19,21-22H2,1-7H3,(H,40,52)(H,41,49)(H,42,47)(H,43,51)(H,44,48). The highest BCUT2D eigenvalue weighted by Crippen LogP contribution is 2.26. The molecule has 2 heterocycles. The first kappa shape index (κ1) is 42.4. The van der Waals surface area contributed by atoms with Gasteiger partial charge < -0.3 is 31.2 Å². The second-order valence-electron chi connectivity index (χ2n) is 14.9. The summed E-state index contributed by atoms with van der Waals surface area (Å²) in [5.41, 5.74) is 1.85. The van der Waals surface area contributed by atoms with Gasteiger partial charge in [0.15, 0.2) is 0 Å². The number of rotatable bonds is 20. The van der Waals surface area contributed by atoms with E-state index in [1.807, 2.05) is 13.8 Å². The summed E-state index contributed by atoms with van der Waals surface area (Å²) in [6, 6.07) is 7.27. The van der Waals surface area contributed by atoms with Gasteiger partial charge in [0.05, 0.1) is 12.2 Å². The molecular weight excluding hydrogens is 678 g/mol. The number of anilines is 3. The molecule has 53 heavy (non-hydrogen) atoms. The molecule has 0 aliphatic carbocycles. The van der Waals surface area contributed by atoms with Crippen molar-refractivity contribution in [1.29, 1.82) is 0 Å². The van der Waals surface area contributed by atoms with Crippen LogP contribution >= 0.6 is 0 Å². The number of imide groups is 1. The minimum absolute atomic E-state index is 0.0976. The van der Waals surface area contributed by atoms with Gasteiger partial charge in [-0.05, 0) is 67.3 Å². The Labute approximate surface area is 312 Å². The quantitative estimate of drug-likeness (QED) is 0.0952. The molecule has 1 aromatic heterocycles. The molecule has 0 spiro atoms. The summed E-state index contributed by atoms with van der Waals surface area (Å²) in [5.74, 6) is -1.81. The zero-order valence-electron chi connectivity index (χ0n) is 32.2. The van der Waals surface area contributed by atoms with Crippen molar-refractivity contribution in [3.63, 3.8) is 0 Å². The Hall–Kier alpha value is -5.01. The Kier molecular flexibility index (Phi) is 16.2. The van der Waals surface area contributed by atoms with Gasteiger partial charge in [0.25, 0.3) is 5.91 Å². The smallest absolute Gasteiger partial charge is 0.272 e. The summed E-state index contributed by atoms with van der Waals surface area (Å²) < 4.78 is 1.63. The molecule has 0 bridgehead atoms. The van der Waals surface area contributed by atoms with E-state index >= 15 is 0 Å². The van der Waals surface area contributed by atoms with Crippen LogP contribution in [0.4, 0.5) is 17.1 Å². The van der Waals surface area contributed by atoms with E-state index in [1.165, 1.54) is 4.90 Å². The first-order chi connectivity index (χ1) is 25.0. The summed E-state index contributed by atoms with van der Waals surface area (Å²) in [6.45, 7) is 11.7. The Morgan fingerprint density at radius 1 is 0.774 bits per heavy atom. The van der Waals surface area contributed by atoms with Crippen molar-refractivity contribution in [2.75, 3.05) is 29.0 Å². The summed E-state index contributed by atoms with van der Waals surface area (Å²) in [4.78, 5) is 89.3. The van der Waals surface area contributed by atoms with Crippen molar-refractivity contribution >= 4 is 58.4 Å². The van der Waals surface area contributed by atoms with Crippen LogP contribution in [0.1, 0.15) is 103 Å². The van der Waals surface area contributed by atoms with Crippen molar-refractivity contribution in [3.05, 3.63) is 42.2 Å². The Bertz CT molecular complexity index is 1610. The molecular formula is C39H57N7O7. The first-order valence-electron chi connectivity index (χ1n) is 18.6. The molecule has 0 saturated carbocycles. The van der Waals surface area contributed by atoms with Crippen LogP contribution in [0, 0.1) is 23.7 Å². The number of carbonyl (C=O) groups is 7. The van der Waals surface area contributed by atoms with Gasteiger partial charge in [0.1, 0.15) is 11.7 Å². The number of likely N-dealkylation sites (tertiary alicyclic amines) is 1. The molecule has 5 N–H and O–H groups in total. The van der Waals surface area contributed by atoms with E-state index in [2.05, 4.69) is 40.4 Å². The zero-order chi connectivity index (χ0) is 39.2. The van der Waals surface area contributed by atoms with Crippen LogP contribution in [-0.2, 0) is 35.8 Å². The maximum absolute atomic E-state index is 12.9. The molecule has 1 aliphatic heterocycles. The third-order valence-electron chi connectivity index (χ3n) is 9.19. The number of aryl methyl sites for hydroxylation is 1. The first-order valence-corrected chi connectivity index (χ1v) is 18.6. The SMILES string of the molecule is CC(C)CCCC(=O)Nc1cc(C(=O)Nc2ccc(NC(=O)CNC(=O)C(NC(=O)CCCCCN3C(=O)CC(C(C)C)C3=O)C(C)C)cc2)n(C)c1. The lowest BCUT2D eigenvalue weighted by atomic mass is 9.94. The van der Waals surface area contributed by atoms with Gasteiger partial charge in [-0.25, -0.2) is 0 Å². The molecule has 14 heteroatoms. The topological polar surface area (TPSA) is 188 Å². The minimum Gasteiger partial charge on any atom is -0.345 e. The second kappa shape index (κ2) is 20.3. The normalized spacial score (nSPS) is 14.8. The third-order valence-corrected chi connectivity index (χ3v) is 9.19. The van der Waals surface area contributed by atoms with Gasteiger partial charge in [-0.1, -0.05) is 54.4 Å². The molecule has 2 atom stereocenters. The molecule has 1 fully saturated rings. The molecule has 1 aliphatic rings. The van der Waals surface area contributed by atoms with Crippen molar-refractivity contribution < 1.29 is 33.6 Å². The lowest BCUT2D eigenvalue weighted by Gasteiger charge is -2.21. The van der Waals surface area contributed by atoms with E-state index < -0.39 is 17.9 Å². The molecule has 2 unspecified atom stereocenters. The fourth-order valence-corrected chi connectivity index (χ4v) is 6.04. The van der Waals surface area contributed by atoms with Gasteiger partial charge in [0.2, 0.25) is 35.4 Å². The van der Waals surface area contributed by atoms with Crippen LogP contribution in [0.3, 0.4) is 0 Å². The maximum atomic E-state index is 12.9. The highest BCUT2D eigenvalue weighted by molar-refractivity contribution is 6.05. The number of nitrogens with one attached hydrogen (secondary N) is 5. The van der Waals surface area contributed by atoms with E-state index in [4.69, 9.17) is 0 Å². The van der Waals surface area contributed by atoms with Gasteiger partial charge in [-0.15, -0.1) is 0 Å². The van der Waals surface area contributed by atoms with Crippen LogP contribution < -0.4 is 26.6 Å². The number of unbranched alkanes of at least 4 members (excludes halogenated alkanes) is 2. The van der Waals surface area contributed by atoms with Crippen molar-refractivity contribution in [2.24, 2.45) is 30.7 Å². The predicted molar refractivity (Wildman–Crippen MR) is 204 cm³/mol. The number of nitrogens with zero attached hydrogens (tertiary/aromatic N) is 2. The van der Waals surface area contributed by atoms with E-state index in [1.54, 1.807) is 62.0 Å². The van der Waals surface area contributed by atoms with Crippen molar-refractivity contribution in [2.45, 2.75) is 99.0 Å². The average molecular weight is 736 g/mol. The summed E-state index contributed by atoms with van der Waals surface area (Å²) in [6.07, 6.45) is 6.10. The van der Waals surface area contributed by atoms with Crippen LogP contribution in [0.2, 0.25) is 0 Å². The van der Waals surface area contributed by atoms with E-state index in [0.717, 1.165) is 12.8 Å². The molecule has 14 nitrogen and oxygen atoms in total. The Morgan fingerprint density at radius 3 is 2.00 bits per heavy atom. The number of benzene rings is 1. The molecule has 290 valence electrons. The van der Waals surface area contributed by atoms with Crippen molar-refractivity contribution in [3.8, 4) is 0 Å². The number of hydrogen-bond donors (Lipinski definition) is 5. The fourth-order valence-electron chi connectivity index (χ4n) is 6.04. The van der Waals surface area contributed by atoms with Gasteiger partial charge >= 0.3 is 0 Å². The molecule has 1 saturated heterocycles. The lowest BCUT2D eigenvalue weighted by Crippen LogP contribution is -2.51. The van der Waals surface area contributed by atoms with Crippen LogP contribution in [0.15, 0.2) is 36.5 Å². The zero-order valence-corrected chi connectivity index (χ0v) is 32.2. The number of hydrogen-bond acceptors (Lipinski definition) is 7. The molecule has 7 amide bonds. The van der Waals surface area contributed by atoms with E-state index in [0.29, 0.717) is 60.9 Å². The molecule has 3 rings (SSSR count). The summed E-state index contributed by atoms with van der Waals surface area (Å²) in [7, 11) is 1.72. The summed E-state index contributed by atoms with van der Waals surface area (Å²) in [5, 5.41) is 13.7. The average Bonchev–Trinajstić information content (AvgIpc) is 3.59. The van der Waals surface area contributed by atoms with E-state index in [9.17, 15) is 33.6 Å². The van der Waals surface area contributed by atoms with Gasteiger partial charge in [-0.3, -0.25) is 38.5 Å². The molecule has 0 radical (unpaired) electrons.